The molecule has 106 valence electrons. The second-order valence-corrected chi connectivity index (χ2v) is 8.32. The summed E-state index contributed by atoms with van der Waals surface area (Å²) in [6.45, 7) is 8.66. The lowest BCUT2D eigenvalue weighted by atomic mass is 9.75. The van der Waals surface area contributed by atoms with Gasteiger partial charge in [-0.1, -0.05) is 19.9 Å². The van der Waals surface area contributed by atoms with Crippen LogP contribution >= 0.6 is 0 Å². The molecule has 2 rings (SSSR count). The van der Waals surface area contributed by atoms with E-state index in [4.69, 9.17) is 5.73 Å². The van der Waals surface area contributed by atoms with Crippen molar-refractivity contribution >= 4 is 10.8 Å². The van der Waals surface area contributed by atoms with E-state index < -0.39 is 10.8 Å². The van der Waals surface area contributed by atoms with Gasteiger partial charge in [0.1, 0.15) is 0 Å². The maximum Gasteiger partial charge on any atom is 0.0576 e. The van der Waals surface area contributed by atoms with Gasteiger partial charge in [0.05, 0.1) is 16.0 Å². The van der Waals surface area contributed by atoms with E-state index in [-0.39, 0.29) is 16.7 Å². The Labute approximate surface area is 119 Å². The molecule has 0 spiro atoms. The van der Waals surface area contributed by atoms with Crippen molar-refractivity contribution in [2.75, 3.05) is 0 Å². The van der Waals surface area contributed by atoms with Gasteiger partial charge >= 0.3 is 0 Å². The molecule has 0 radical (unpaired) electrons. The standard InChI is InChI=1S/C16H25NOS/c1-11-5-6-13(9-12(11)2)19(18)15-10-16(3,4)8-7-14(15)17/h5-6,9,14-15H,7-8,10,17H2,1-4H3. The molecular weight excluding hydrogens is 254 g/mol. The van der Waals surface area contributed by atoms with Gasteiger partial charge in [-0.25, -0.2) is 0 Å². The van der Waals surface area contributed by atoms with E-state index in [1.807, 2.05) is 6.07 Å². The summed E-state index contributed by atoms with van der Waals surface area (Å²) < 4.78 is 12.8. The number of hydrogen-bond acceptors (Lipinski definition) is 2. The third-order valence-corrected chi connectivity index (χ3v) is 6.16. The SMILES string of the molecule is Cc1ccc(S(=O)C2CC(C)(C)CCC2N)cc1C. The first-order valence-electron chi connectivity index (χ1n) is 7.03. The average molecular weight is 279 g/mol. The summed E-state index contributed by atoms with van der Waals surface area (Å²) in [7, 11) is -0.990. The molecule has 0 bridgehead atoms. The zero-order valence-corrected chi connectivity index (χ0v) is 13.2. The molecule has 0 saturated heterocycles. The molecule has 1 aromatic rings. The van der Waals surface area contributed by atoms with Crippen LogP contribution in [-0.4, -0.2) is 15.5 Å². The molecule has 0 heterocycles. The topological polar surface area (TPSA) is 43.1 Å². The Morgan fingerprint density at radius 3 is 2.58 bits per heavy atom. The van der Waals surface area contributed by atoms with Gasteiger partial charge in [0.15, 0.2) is 0 Å². The van der Waals surface area contributed by atoms with Gasteiger partial charge in [0.2, 0.25) is 0 Å². The summed E-state index contributed by atoms with van der Waals surface area (Å²) in [6, 6.07) is 6.17. The van der Waals surface area contributed by atoms with Gasteiger partial charge in [-0.15, -0.1) is 0 Å². The van der Waals surface area contributed by atoms with Gasteiger partial charge in [0.25, 0.3) is 0 Å². The molecule has 1 fully saturated rings. The monoisotopic (exact) mass is 279 g/mol. The molecule has 1 aromatic carbocycles. The highest BCUT2D eigenvalue weighted by Gasteiger charge is 2.36. The molecule has 3 atom stereocenters. The molecule has 0 amide bonds. The second kappa shape index (κ2) is 5.37. The molecule has 2 N–H and O–H groups in total. The fourth-order valence-corrected chi connectivity index (χ4v) is 4.69. The first-order valence-corrected chi connectivity index (χ1v) is 8.25. The van der Waals surface area contributed by atoms with Crippen molar-refractivity contribution in [2.45, 2.75) is 63.1 Å². The summed E-state index contributed by atoms with van der Waals surface area (Å²) in [4.78, 5) is 0.932. The Morgan fingerprint density at radius 2 is 1.95 bits per heavy atom. The van der Waals surface area contributed by atoms with Crippen molar-refractivity contribution in [3.8, 4) is 0 Å². The van der Waals surface area contributed by atoms with E-state index >= 15 is 0 Å². The Hall–Kier alpha value is -0.670. The van der Waals surface area contributed by atoms with Crippen LogP contribution in [0, 0.1) is 19.3 Å². The largest absolute Gasteiger partial charge is 0.327 e. The number of aryl methyl sites for hydroxylation is 2. The van der Waals surface area contributed by atoms with Crippen LogP contribution in [0.5, 0.6) is 0 Å². The smallest absolute Gasteiger partial charge is 0.0576 e. The lowest BCUT2D eigenvalue weighted by Crippen LogP contribution is -2.45. The lowest BCUT2D eigenvalue weighted by Gasteiger charge is -2.38. The molecule has 0 aromatic heterocycles. The van der Waals surface area contributed by atoms with Gasteiger partial charge in [-0.05, 0) is 61.8 Å². The fourth-order valence-electron chi connectivity index (χ4n) is 2.79. The third-order valence-electron chi connectivity index (χ3n) is 4.37. The van der Waals surface area contributed by atoms with Crippen molar-refractivity contribution in [3.63, 3.8) is 0 Å². The van der Waals surface area contributed by atoms with Gasteiger partial charge in [-0.2, -0.15) is 0 Å². The van der Waals surface area contributed by atoms with E-state index in [1.54, 1.807) is 0 Å². The number of nitrogens with two attached hydrogens (primary N) is 1. The fraction of sp³-hybridized carbons (Fsp3) is 0.625. The van der Waals surface area contributed by atoms with Crippen LogP contribution in [0.25, 0.3) is 0 Å². The number of benzene rings is 1. The molecule has 3 heteroatoms. The van der Waals surface area contributed by atoms with E-state index in [1.165, 1.54) is 11.1 Å². The van der Waals surface area contributed by atoms with Crippen LogP contribution in [0.1, 0.15) is 44.2 Å². The van der Waals surface area contributed by atoms with Crippen molar-refractivity contribution in [1.29, 1.82) is 0 Å². The molecule has 1 saturated carbocycles. The molecule has 19 heavy (non-hydrogen) atoms. The lowest BCUT2D eigenvalue weighted by molar-refractivity contribution is 0.230. The zero-order chi connectivity index (χ0) is 14.2. The van der Waals surface area contributed by atoms with Gasteiger partial charge in [0, 0.05) is 10.9 Å². The maximum absolute atomic E-state index is 12.8. The van der Waals surface area contributed by atoms with Crippen molar-refractivity contribution in [3.05, 3.63) is 29.3 Å². The second-order valence-electron chi connectivity index (χ2n) is 6.65. The maximum atomic E-state index is 12.8. The van der Waals surface area contributed by atoms with Gasteiger partial charge < -0.3 is 5.73 Å². The van der Waals surface area contributed by atoms with Crippen molar-refractivity contribution < 1.29 is 4.21 Å². The predicted octanol–water partition coefficient (Wildman–Crippen LogP) is 3.32. The minimum atomic E-state index is -0.990. The van der Waals surface area contributed by atoms with Crippen molar-refractivity contribution in [1.82, 2.24) is 0 Å². The minimum absolute atomic E-state index is 0.0652. The van der Waals surface area contributed by atoms with Crippen LogP contribution < -0.4 is 5.73 Å². The van der Waals surface area contributed by atoms with Crippen LogP contribution in [0.3, 0.4) is 0 Å². The summed E-state index contributed by atoms with van der Waals surface area (Å²) >= 11 is 0. The molecule has 3 unspecified atom stereocenters. The molecule has 2 nitrogen and oxygen atoms in total. The quantitative estimate of drug-likeness (QED) is 0.902. The Bertz CT molecular complexity index is 496. The number of hydrogen-bond donors (Lipinski definition) is 1. The summed E-state index contributed by atoms with van der Waals surface area (Å²) in [5.41, 5.74) is 8.92. The minimum Gasteiger partial charge on any atom is -0.327 e. The van der Waals surface area contributed by atoms with Crippen LogP contribution in [-0.2, 0) is 10.8 Å². The summed E-state index contributed by atoms with van der Waals surface area (Å²) in [5, 5.41) is 0.0888. The van der Waals surface area contributed by atoms with E-state index in [2.05, 4.69) is 39.8 Å². The summed E-state index contributed by atoms with van der Waals surface area (Å²) in [5.74, 6) is 0. The third kappa shape index (κ3) is 3.26. The van der Waals surface area contributed by atoms with Crippen LogP contribution in [0.4, 0.5) is 0 Å². The van der Waals surface area contributed by atoms with Crippen LogP contribution in [0.2, 0.25) is 0 Å². The van der Waals surface area contributed by atoms with E-state index in [0.717, 1.165) is 24.2 Å². The van der Waals surface area contributed by atoms with Crippen LogP contribution in [0.15, 0.2) is 23.1 Å². The molecule has 1 aliphatic rings. The first kappa shape index (κ1) is 14.7. The highest BCUT2D eigenvalue weighted by Crippen LogP contribution is 2.38. The molecular formula is C16H25NOS. The molecule has 0 aliphatic heterocycles. The normalized spacial score (nSPS) is 28.1. The summed E-state index contributed by atoms with van der Waals surface area (Å²) in [6.07, 6.45) is 3.07. The highest BCUT2D eigenvalue weighted by molar-refractivity contribution is 7.85. The van der Waals surface area contributed by atoms with Gasteiger partial charge in [-0.3, -0.25) is 4.21 Å². The van der Waals surface area contributed by atoms with Crippen molar-refractivity contribution in [2.24, 2.45) is 11.1 Å². The first-order chi connectivity index (χ1) is 8.80. The Balaban J connectivity index is 2.24. The number of rotatable bonds is 2. The Morgan fingerprint density at radius 1 is 1.26 bits per heavy atom. The average Bonchev–Trinajstić information content (AvgIpc) is 2.35. The predicted molar refractivity (Wildman–Crippen MR) is 81.7 cm³/mol. The van der Waals surface area contributed by atoms with E-state index in [9.17, 15) is 4.21 Å². The Kier molecular flexibility index (Phi) is 4.17. The van der Waals surface area contributed by atoms with E-state index in [0.29, 0.717) is 0 Å². The molecule has 1 aliphatic carbocycles. The zero-order valence-electron chi connectivity index (χ0n) is 12.4. The highest BCUT2D eigenvalue weighted by atomic mass is 32.2.